The number of benzene rings is 1. The Morgan fingerprint density at radius 2 is 1.94 bits per heavy atom. The molecule has 0 radical (unpaired) electrons. The summed E-state index contributed by atoms with van der Waals surface area (Å²) in [6.07, 6.45) is 1.15. The Balaban J connectivity index is 1.61. The average Bonchev–Trinajstić information content (AvgIpc) is 3.08. The fourth-order valence-electron chi connectivity index (χ4n) is 5.03. The lowest BCUT2D eigenvalue weighted by molar-refractivity contribution is -0.118. The van der Waals surface area contributed by atoms with E-state index in [-0.39, 0.29) is 42.4 Å². The zero-order valence-electron chi connectivity index (χ0n) is 18.8. The van der Waals surface area contributed by atoms with Crippen molar-refractivity contribution in [3.8, 4) is 17.1 Å². The molecule has 0 bridgehead atoms. The lowest BCUT2D eigenvalue weighted by Crippen LogP contribution is -2.38. The molecule has 3 heterocycles. The summed E-state index contributed by atoms with van der Waals surface area (Å²) in [7, 11) is 0. The number of aromatic nitrogens is 2. The Labute approximate surface area is 189 Å². The summed E-state index contributed by atoms with van der Waals surface area (Å²) in [6.45, 7) is 7.08. The number of halogens is 2. The van der Waals surface area contributed by atoms with E-state index in [2.05, 4.69) is 25.3 Å². The normalized spacial score (nSPS) is 19.6. The number of hydrogen-bond acceptors (Lipinski definition) is 3. The summed E-state index contributed by atoms with van der Waals surface area (Å²) < 4.78 is 36.4. The van der Waals surface area contributed by atoms with Gasteiger partial charge in [-0.05, 0) is 23.6 Å². The van der Waals surface area contributed by atoms with E-state index in [4.69, 9.17) is 4.74 Å². The molecule has 1 fully saturated rings. The third-order valence-electron chi connectivity index (χ3n) is 6.82. The lowest BCUT2D eigenvalue weighted by atomic mass is 9.82. The van der Waals surface area contributed by atoms with Gasteiger partial charge in [-0.1, -0.05) is 26.8 Å². The minimum absolute atomic E-state index is 0.0870. The van der Waals surface area contributed by atoms with Crippen molar-refractivity contribution in [1.82, 2.24) is 9.13 Å². The molecule has 1 saturated carbocycles. The standard InChI is InChI=1S/C25H26F2N2O4/c1-24(2,3)22-12-28-17-5-4-6-21(33-13-14-9-25(26,27)10-14)15(17)7-18(28)19-8-20(30)16(23(31)32)11-29(19)22/h4-8,11,14,22H,9-10,12-13H2,1-3H3,(H,31,32). The first-order chi connectivity index (χ1) is 15.4. The number of ether oxygens (including phenoxy) is 1. The molecule has 2 aliphatic rings. The zero-order chi connectivity index (χ0) is 23.7. The van der Waals surface area contributed by atoms with Crippen molar-refractivity contribution in [2.24, 2.45) is 11.3 Å². The summed E-state index contributed by atoms with van der Waals surface area (Å²) >= 11 is 0. The molecular formula is C25H26F2N2O4. The van der Waals surface area contributed by atoms with Crippen LogP contribution in [-0.2, 0) is 6.54 Å². The molecule has 33 heavy (non-hydrogen) atoms. The number of carboxylic acids is 1. The lowest BCUT2D eigenvalue weighted by Gasteiger charge is -2.39. The van der Waals surface area contributed by atoms with Gasteiger partial charge in [0.05, 0.1) is 29.6 Å². The molecular weight excluding hydrogens is 430 g/mol. The number of alkyl halides is 2. The first kappa shape index (κ1) is 21.7. The van der Waals surface area contributed by atoms with Gasteiger partial charge in [0.2, 0.25) is 5.92 Å². The maximum absolute atomic E-state index is 13.2. The monoisotopic (exact) mass is 456 g/mol. The van der Waals surface area contributed by atoms with Crippen molar-refractivity contribution in [3.63, 3.8) is 0 Å². The van der Waals surface area contributed by atoms with Gasteiger partial charge in [-0.2, -0.15) is 0 Å². The zero-order valence-corrected chi connectivity index (χ0v) is 18.8. The topological polar surface area (TPSA) is 73.5 Å². The van der Waals surface area contributed by atoms with Crippen LogP contribution in [0.15, 0.2) is 41.3 Å². The van der Waals surface area contributed by atoms with Crippen molar-refractivity contribution < 1.29 is 23.4 Å². The van der Waals surface area contributed by atoms with Crippen LogP contribution in [0.4, 0.5) is 8.78 Å². The highest BCUT2D eigenvalue weighted by atomic mass is 19.3. The van der Waals surface area contributed by atoms with Crippen LogP contribution in [0.25, 0.3) is 22.3 Å². The van der Waals surface area contributed by atoms with Crippen molar-refractivity contribution in [2.45, 2.75) is 52.1 Å². The molecule has 0 amide bonds. The van der Waals surface area contributed by atoms with E-state index in [0.717, 1.165) is 16.6 Å². The Morgan fingerprint density at radius 3 is 2.58 bits per heavy atom. The van der Waals surface area contributed by atoms with Crippen LogP contribution in [0.1, 0.15) is 50.0 Å². The summed E-state index contributed by atoms with van der Waals surface area (Å²) in [5, 5.41) is 10.3. The van der Waals surface area contributed by atoms with E-state index in [1.54, 1.807) is 0 Å². The summed E-state index contributed by atoms with van der Waals surface area (Å²) in [5.74, 6) is -3.37. The SMILES string of the molecule is CC(C)(C)C1Cn2c(cc3c(OCC4CC(F)(F)C4)cccc32)-c2cc(=O)c(C(=O)O)cn21. The summed E-state index contributed by atoms with van der Waals surface area (Å²) in [5.41, 5.74) is 1.37. The second-order valence-corrected chi connectivity index (χ2v) is 10.3. The average molecular weight is 456 g/mol. The van der Waals surface area contributed by atoms with Gasteiger partial charge >= 0.3 is 5.97 Å². The fraction of sp³-hybridized carbons (Fsp3) is 0.440. The highest BCUT2D eigenvalue weighted by Gasteiger charge is 2.45. The number of nitrogens with zero attached hydrogens (tertiary/aromatic N) is 2. The van der Waals surface area contributed by atoms with Gasteiger partial charge < -0.3 is 19.0 Å². The molecule has 174 valence electrons. The first-order valence-corrected chi connectivity index (χ1v) is 11.1. The van der Waals surface area contributed by atoms with Crippen LogP contribution in [0.5, 0.6) is 5.75 Å². The van der Waals surface area contributed by atoms with Crippen molar-refractivity contribution in [2.75, 3.05) is 6.61 Å². The van der Waals surface area contributed by atoms with Gasteiger partial charge in [0.15, 0.2) is 5.43 Å². The van der Waals surface area contributed by atoms with E-state index >= 15 is 0 Å². The summed E-state index contributed by atoms with van der Waals surface area (Å²) in [6, 6.07) is 8.92. The highest BCUT2D eigenvalue weighted by molar-refractivity contribution is 5.92. The minimum Gasteiger partial charge on any atom is -0.493 e. The maximum atomic E-state index is 13.2. The van der Waals surface area contributed by atoms with Crippen molar-refractivity contribution >= 4 is 16.9 Å². The third kappa shape index (κ3) is 3.61. The molecule has 0 spiro atoms. The molecule has 1 unspecified atom stereocenters. The van der Waals surface area contributed by atoms with Crippen LogP contribution >= 0.6 is 0 Å². The molecule has 1 aliphatic heterocycles. The molecule has 5 rings (SSSR count). The third-order valence-corrected chi connectivity index (χ3v) is 6.82. The van der Waals surface area contributed by atoms with E-state index in [9.17, 15) is 23.5 Å². The molecule has 1 aliphatic carbocycles. The van der Waals surface area contributed by atoms with E-state index in [1.807, 2.05) is 28.8 Å². The number of rotatable bonds is 4. The van der Waals surface area contributed by atoms with Gasteiger partial charge in [-0.15, -0.1) is 0 Å². The second kappa shape index (κ2) is 7.17. The van der Waals surface area contributed by atoms with E-state index in [0.29, 0.717) is 18.0 Å². The molecule has 1 aromatic carbocycles. The quantitative estimate of drug-likeness (QED) is 0.586. The smallest absolute Gasteiger partial charge is 0.341 e. The molecule has 1 N–H and O–H groups in total. The maximum Gasteiger partial charge on any atom is 0.341 e. The van der Waals surface area contributed by atoms with Crippen LogP contribution in [-0.4, -0.2) is 32.7 Å². The summed E-state index contributed by atoms with van der Waals surface area (Å²) in [4.78, 5) is 24.2. The minimum atomic E-state index is -2.58. The molecule has 6 nitrogen and oxygen atoms in total. The predicted molar refractivity (Wildman–Crippen MR) is 120 cm³/mol. The van der Waals surface area contributed by atoms with Gasteiger partial charge in [0.1, 0.15) is 11.3 Å². The molecule has 0 saturated heterocycles. The van der Waals surface area contributed by atoms with Gasteiger partial charge in [0.25, 0.3) is 0 Å². The highest BCUT2D eigenvalue weighted by Crippen LogP contribution is 2.45. The van der Waals surface area contributed by atoms with E-state index < -0.39 is 17.3 Å². The van der Waals surface area contributed by atoms with Gasteiger partial charge in [-0.25, -0.2) is 13.6 Å². The number of hydrogen-bond donors (Lipinski definition) is 1. The predicted octanol–water partition coefficient (Wildman–Crippen LogP) is 5.19. The Bertz CT molecular complexity index is 1320. The van der Waals surface area contributed by atoms with Gasteiger partial charge in [-0.3, -0.25) is 4.79 Å². The largest absolute Gasteiger partial charge is 0.493 e. The van der Waals surface area contributed by atoms with Crippen molar-refractivity contribution in [1.29, 1.82) is 0 Å². The van der Waals surface area contributed by atoms with Gasteiger partial charge in [0, 0.05) is 43.0 Å². The second-order valence-electron chi connectivity index (χ2n) is 10.3. The van der Waals surface area contributed by atoms with Crippen LogP contribution in [0, 0.1) is 11.3 Å². The first-order valence-electron chi connectivity index (χ1n) is 11.1. The van der Waals surface area contributed by atoms with Crippen molar-refractivity contribution in [3.05, 3.63) is 52.3 Å². The Hall–Kier alpha value is -3.16. The van der Waals surface area contributed by atoms with Crippen LogP contribution in [0.3, 0.4) is 0 Å². The number of carboxylic acid groups (broad SMARTS) is 1. The Morgan fingerprint density at radius 1 is 1.21 bits per heavy atom. The number of fused-ring (bicyclic) bond motifs is 5. The molecule has 8 heteroatoms. The number of pyridine rings is 1. The molecule has 2 aromatic heterocycles. The number of aromatic carboxylic acids is 1. The van der Waals surface area contributed by atoms with Crippen LogP contribution < -0.4 is 10.2 Å². The fourth-order valence-corrected chi connectivity index (χ4v) is 5.03. The van der Waals surface area contributed by atoms with E-state index in [1.165, 1.54) is 12.3 Å². The Kier molecular flexibility index (Phi) is 4.71. The molecule has 1 atom stereocenters. The number of carbonyl (C=O) groups is 1. The van der Waals surface area contributed by atoms with Crippen LogP contribution in [0.2, 0.25) is 0 Å². The molecule has 3 aromatic rings.